The Kier molecular flexibility index (Phi) is 4.20. The molecule has 1 N–H and O–H groups in total. The number of anilines is 1. The summed E-state index contributed by atoms with van der Waals surface area (Å²) in [5.74, 6) is 2.06. The maximum absolute atomic E-state index is 5.32. The molecule has 0 aliphatic rings. The fourth-order valence-electron chi connectivity index (χ4n) is 1.85. The Balaban J connectivity index is 2.24. The molecule has 2 heterocycles. The summed E-state index contributed by atoms with van der Waals surface area (Å²) in [4.78, 5) is 5.67. The average Bonchev–Trinajstić information content (AvgIpc) is 2.89. The molecule has 3 nitrogen and oxygen atoms in total. The molecule has 1 atom stereocenters. The van der Waals surface area contributed by atoms with Crippen LogP contribution in [-0.4, -0.2) is 12.1 Å². The first kappa shape index (κ1) is 12.9. The SMILES string of the molecule is COc1cccnc1NC(c1cccs1)C(C)C. The molecule has 0 bridgehead atoms. The molecule has 96 valence electrons. The van der Waals surface area contributed by atoms with Crippen molar-refractivity contribution in [2.24, 2.45) is 5.92 Å². The monoisotopic (exact) mass is 262 g/mol. The van der Waals surface area contributed by atoms with E-state index in [9.17, 15) is 0 Å². The van der Waals surface area contributed by atoms with Crippen LogP contribution in [0.1, 0.15) is 24.8 Å². The molecule has 0 spiro atoms. The summed E-state index contributed by atoms with van der Waals surface area (Å²) >= 11 is 1.76. The van der Waals surface area contributed by atoms with Crippen molar-refractivity contribution in [3.63, 3.8) is 0 Å². The molecule has 0 aliphatic heterocycles. The summed E-state index contributed by atoms with van der Waals surface area (Å²) in [6.07, 6.45) is 1.77. The highest BCUT2D eigenvalue weighted by molar-refractivity contribution is 7.10. The molecule has 4 heteroatoms. The molecule has 18 heavy (non-hydrogen) atoms. The Morgan fingerprint density at radius 2 is 2.11 bits per heavy atom. The van der Waals surface area contributed by atoms with Gasteiger partial charge in [-0.15, -0.1) is 11.3 Å². The van der Waals surface area contributed by atoms with E-state index in [4.69, 9.17) is 4.74 Å². The summed E-state index contributed by atoms with van der Waals surface area (Å²) in [7, 11) is 1.66. The number of aromatic nitrogens is 1. The van der Waals surface area contributed by atoms with Crippen LogP contribution in [0.4, 0.5) is 5.82 Å². The van der Waals surface area contributed by atoms with Crippen molar-refractivity contribution in [2.75, 3.05) is 12.4 Å². The largest absolute Gasteiger partial charge is 0.493 e. The van der Waals surface area contributed by atoms with Crippen molar-refractivity contribution in [3.05, 3.63) is 40.7 Å². The lowest BCUT2D eigenvalue weighted by molar-refractivity contribution is 0.413. The third kappa shape index (κ3) is 2.82. The van der Waals surface area contributed by atoms with E-state index in [1.807, 2.05) is 12.1 Å². The number of nitrogens with zero attached hydrogens (tertiary/aromatic N) is 1. The molecule has 0 radical (unpaired) electrons. The van der Waals surface area contributed by atoms with Crippen molar-refractivity contribution in [3.8, 4) is 5.75 Å². The van der Waals surface area contributed by atoms with E-state index in [0.717, 1.165) is 11.6 Å². The maximum atomic E-state index is 5.32. The molecule has 0 aromatic carbocycles. The van der Waals surface area contributed by atoms with Gasteiger partial charge < -0.3 is 10.1 Å². The first-order valence-corrected chi connectivity index (χ1v) is 6.89. The Morgan fingerprint density at radius 3 is 2.72 bits per heavy atom. The molecule has 0 aliphatic carbocycles. The van der Waals surface area contributed by atoms with Gasteiger partial charge >= 0.3 is 0 Å². The number of nitrogens with one attached hydrogen (secondary N) is 1. The van der Waals surface area contributed by atoms with Gasteiger partial charge in [-0.05, 0) is 29.5 Å². The first-order valence-electron chi connectivity index (χ1n) is 6.01. The molecule has 2 rings (SSSR count). The highest BCUT2D eigenvalue weighted by Gasteiger charge is 2.18. The highest BCUT2D eigenvalue weighted by atomic mass is 32.1. The number of methoxy groups -OCH3 is 1. The van der Waals surface area contributed by atoms with Crippen LogP contribution >= 0.6 is 11.3 Å². The molecule has 0 amide bonds. The first-order chi connectivity index (χ1) is 8.72. The molecular weight excluding hydrogens is 244 g/mol. The lowest BCUT2D eigenvalue weighted by atomic mass is 10.0. The third-order valence-corrected chi connectivity index (χ3v) is 3.75. The smallest absolute Gasteiger partial charge is 0.169 e. The summed E-state index contributed by atoms with van der Waals surface area (Å²) in [6, 6.07) is 8.28. The van der Waals surface area contributed by atoms with Gasteiger partial charge in [0.2, 0.25) is 0 Å². The minimum absolute atomic E-state index is 0.258. The van der Waals surface area contributed by atoms with Crippen LogP contribution in [-0.2, 0) is 0 Å². The van der Waals surface area contributed by atoms with Gasteiger partial charge in [0, 0.05) is 11.1 Å². The number of hydrogen-bond donors (Lipinski definition) is 1. The topological polar surface area (TPSA) is 34.1 Å². The van der Waals surface area contributed by atoms with Gasteiger partial charge in [0.05, 0.1) is 13.2 Å². The van der Waals surface area contributed by atoms with E-state index in [2.05, 4.69) is 41.7 Å². The van der Waals surface area contributed by atoms with E-state index in [0.29, 0.717) is 5.92 Å². The molecule has 0 saturated heterocycles. The second-order valence-electron chi connectivity index (χ2n) is 4.44. The van der Waals surface area contributed by atoms with Crippen LogP contribution in [0.3, 0.4) is 0 Å². The van der Waals surface area contributed by atoms with Gasteiger partial charge in [-0.25, -0.2) is 4.98 Å². The molecule has 0 saturated carbocycles. The minimum atomic E-state index is 0.258. The molecule has 2 aromatic heterocycles. The second-order valence-corrected chi connectivity index (χ2v) is 5.41. The maximum Gasteiger partial charge on any atom is 0.169 e. The standard InChI is InChI=1S/C14H18N2OS/c1-10(2)13(12-7-5-9-18-12)16-14-11(17-3)6-4-8-15-14/h4-10,13H,1-3H3,(H,15,16). The fraction of sp³-hybridized carbons (Fsp3) is 0.357. The van der Waals surface area contributed by atoms with E-state index in [-0.39, 0.29) is 6.04 Å². The average molecular weight is 262 g/mol. The summed E-state index contributed by atoms with van der Waals surface area (Å²) in [5, 5.41) is 5.57. The Hall–Kier alpha value is -1.55. The number of thiophene rings is 1. The van der Waals surface area contributed by atoms with Crippen LogP contribution in [0.15, 0.2) is 35.8 Å². The van der Waals surface area contributed by atoms with E-state index >= 15 is 0 Å². The zero-order chi connectivity index (χ0) is 13.0. The van der Waals surface area contributed by atoms with Gasteiger partial charge in [0.15, 0.2) is 11.6 Å². The van der Waals surface area contributed by atoms with Gasteiger partial charge in [0.1, 0.15) is 0 Å². The van der Waals surface area contributed by atoms with E-state index < -0.39 is 0 Å². The predicted octanol–water partition coefficient (Wildman–Crippen LogP) is 3.96. The molecule has 0 fully saturated rings. The molecular formula is C14H18N2OS. The van der Waals surface area contributed by atoms with Crippen LogP contribution in [0, 0.1) is 5.92 Å². The summed E-state index contributed by atoms with van der Waals surface area (Å²) in [6.45, 7) is 4.40. The van der Waals surface area contributed by atoms with E-state index in [1.165, 1.54) is 4.88 Å². The van der Waals surface area contributed by atoms with Crippen molar-refractivity contribution in [2.45, 2.75) is 19.9 Å². The van der Waals surface area contributed by atoms with Crippen molar-refractivity contribution < 1.29 is 4.74 Å². The highest BCUT2D eigenvalue weighted by Crippen LogP contribution is 2.32. The number of rotatable bonds is 5. The van der Waals surface area contributed by atoms with Crippen LogP contribution in [0.25, 0.3) is 0 Å². The minimum Gasteiger partial charge on any atom is -0.493 e. The Morgan fingerprint density at radius 1 is 1.28 bits per heavy atom. The van der Waals surface area contributed by atoms with Gasteiger partial charge in [-0.2, -0.15) is 0 Å². The normalized spacial score (nSPS) is 12.4. The zero-order valence-electron chi connectivity index (χ0n) is 10.9. The van der Waals surface area contributed by atoms with Gasteiger partial charge in [-0.3, -0.25) is 0 Å². The number of pyridine rings is 1. The molecule has 2 aromatic rings. The summed E-state index contributed by atoms with van der Waals surface area (Å²) in [5.41, 5.74) is 0. The van der Waals surface area contributed by atoms with Crippen LogP contribution < -0.4 is 10.1 Å². The van der Waals surface area contributed by atoms with Gasteiger partial charge in [0.25, 0.3) is 0 Å². The number of hydrogen-bond acceptors (Lipinski definition) is 4. The molecule has 1 unspecified atom stereocenters. The predicted molar refractivity (Wildman–Crippen MR) is 76.3 cm³/mol. The van der Waals surface area contributed by atoms with Crippen LogP contribution in [0.5, 0.6) is 5.75 Å². The van der Waals surface area contributed by atoms with Crippen molar-refractivity contribution in [1.29, 1.82) is 0 Å². The quantitative estimate of drug-likeness (QED) is 0.885. The zero-order valence-corrected chi connectivity index (χ0v) is 11.7. The Bertz CT molecular complexity index is 482. The number of ether oxygens (including phenoxy) is 1. The third-order valence-electron chi connectivity index (χ3n) is 2.80. The van der Waals surface area contributed by atoms with E-state index in [1.54, 1.807) is 24.6 Å². The second kappa shape index (κ2) is 5.87. The lowest BCUT2D eigenvalue weighted by Crippen LogP contribution is -2.16. The van der Waals surface area contributed by atoms with Gasteiger partial charge in [-0.1, -0.05) is 19.9 Å². The van der Waals surface area contributed by atoms with Crippen LogP contribution in [0.2, 0.25) is 0 Å². The fourth-order valence-corrected chi connectivity index (χ4v) is 2.79. The summed E-state index contributed by atoms with van der Waals surface area (Å²) < 4.78 is 5.32. The lowest BCUT2D eigenvalue weighted by Gasteiger charge is -2.22. The Labute approximate surface area is 112 Å². The van der Waals surface area contributed by atoms with Crippen molar-refractivity contribution in [1.82, 2.24) is 4.98 Å². The van der Waals surface area contributed by atoms with Crippen molar-refractivity contribution >= 4 is 17.2 Å².